The quantitative estimate of drug-likeness (QED) is 0.151. The fourth-order valence-corrected chi connectivity index (χ4v) is 11.4. The van der Waals surface area contributed by atoms with Crippen molar-refractivity contribution in [3.8, 4) is 78.3 Å². The van der Waals surface area contributed by atoms with Gasteiger partial charge in [-0.25, -0.2) is 0 Å². The summed E-state index contributed by atoms with van der Waals surface area (Å²) in [5, 5.41) is 3.73. The Bertz CT molecular complexity index is 3740. The van der Waals surface area contributed by atoms with Gasteiger partial charge < -0.3 is 9.13 Å². The van der Waals surface area contributed by atoms with E-state index >= 15 is 0 Å². The molecule has 0 N–H and O–H groups in total. The van der Waals surface area contributed by atoms with Gasteiger partial charge >= 0.3 is 0 Å². The summed E-state index contributed by atoms with van der Waals surface area (Å²) in [6.07, 6.45) is 0. The molecule has 0 bridgehead atoms. The van der Waals surface area contributed by atoms with E-state index in [9.17, 15) is 0 Å². The molecule has 67 heavy (non-hydrogen) atoms. The molecule has 316 valence electrons. The van der Waals surface area contributed by atoms with E-state index in [0.29, 0.717) is 0 Å². The zero-order valence-electron chi connectivity index (χ0n) is 37.5. The van der Waals surface area contributed by atoms with Crippen LogP contribution in [0.25, 0.3) is 111 Å². The van der Waals surface area contributed by atoms with E-state index < -0.39 is 0 Å². The van der Waals surface area contributed by atoms with E-state index in [1.807, 2.05) is 0 Å². The topological polar surface area (TPSA) is 9.86 Å². The number of nitrogens with zero attached hydrogens (tertiary/aromatic N) is 2. The first-order valence-corrected chi connectivity index (χ1v) is 23.4. The molecule has 2 nitrogen and oxygen atoms in total. The van der Waals surface area contributed by atoms with Gasteiger partial charge in [-0.3, -0.25) is 0 Å². The van der Waals surface area contributed by atoms with Gasteiger partial charge in [-0.05, 0) is 98.1 Å². The molecular formula is C65H46N2. The Hall–Kier alpha value is -8.46. The van der Waals surface area contributed by atoms with Crippen LogP contribution in [0.15, 0.2) is 243 Å². The maximum atomic E-state index is 2.54. The van der Waals surface area contributed by atoms with Crippen molar-refractivity contribution in [2.45, 2.75) is 19.3 Å². The molecule has 0 radical (unpaired) electrons. The van der Waals surface area contributed by atoms with E-state index in [2.05, 4.69) is 266 Å². The molecule has 1 aliphatic rings. The lowest BCUT2D eigenvalue weighted by Crippen LogP contribution is -2.14. The van der Waals surface area contributed by atoms with Crippen molar-refractivity contribution in [1.29, 1.82) is 0 Å². The van der Waals surface area contributed by atoms with Crippen molar-refractivity contribution in [2.24, 2.45) is 0 Å². The highest BCUT2D eigenvalue weighted by Crippen LogP contribution is 2.54. The molecule has 0 fully saturated rings. The Morgan fingerprint density at radius 1 is 0.284 bits per heavy atom. The van der Waals surface area contributed by atoms with Crippen LogP contribution in [-0.2, 0) is 5.41 Å². The molecule has 2 aromatic heterocycles. The monoisotopic (exact) mass is 854 g/mol. The van der Waals surface area contributed by atoms with Crippen LogP contribution in [0.4, 0.5) is 0 Å². The summed E-state index contributed by atoms with van der Waals surface area (Å²) in [6.45, 7) is 4.77. The minimum Gasteiger partial charge on any atom is -0.309 e. The van der Waals surface area contributed by atoms with Crippen LogP contribution < -0.4 is 0 Å². The van der Waals surface area contributed by atoms with Crippen LogP contribution in [0.3, 0.4) is 0 Å². The fraction of sp³-hybridized carbons (Fsp3) is 0.0462. The molecule has 0 saturated carbocycles. The van der Waals surface area contributed by atoms with Gasteiger partial charge in [0.05, 0.1) is 33.6 Å². The first-order valence-electron chi connectivity index (χ1n) is 23.4. The zero-order valence-corrected chi connectivity index (χ0v) is 37.5. The lowest BCUT2D eigenvalue weighted by atomic mass is 9.81. The summed E-state index contributed by atoms with van der Waals surface area (Å²) >= 11 is 0. The summed E-state index contributed by atoms with van der Waals surface area (Å²) in [6, 6.07) is 89.3. The molecule has 2 heterocycles. The van der Waals surface area contributed by atoms with Gasteiger partial charge in [0.15, 0.2) is 0 Å². The van der Waals surface area contributed by atoms with Crippen molar-refractivity contribution in [3.05, 3.63) is 254 Å². The Labute approximate surface area is 391 Å². The molecule has 0 atom stereocenters. The Balaban J connectivity index is 1.06. The summed E-state index contributed by atoms with van der Waals surface area (Å²) < 4.78 is 5.05. The average Bonchev–Trinajstić information content (AvgIpc) is 4.00. The van der Waals surface area contributed by atoms with Crippen LogP contribution in [0.2, 0.25) is 0 Å². The van der Waals surface area contributed by atoms with Crippen LogP contribution >= 0.6 is 0 Å². The summed E-state index contributed by atoms with van der Waals surface area (Å²) in [5.74, 6) is 0. The van der Waals surface area contributed by atoms with E-state index in [-0.39, 0.29) is 5.41 Å². The molecule has 0 unspecified atom stereocenters. The number of benzene rings is 10. The maximum Gasteiger partial charge on any atom is 0.0585 e. The molecule has 0 saturated heterocycles. The molecule has 0 aliphatic heterocycles. The molecular weight excluding hydrogens is 809 g/mol. The smallest absolute Gasteiger partial charge is 0.0585 e. The van der Waals surface area contributed by atoms with E-state index in [0.717, 1.165) is 16.7 Å². The molecule has 12 aromatic rings. The average molecular weight is 855 g/mol. The lowest BCUT2D eigenvalue weighted by Gasteiger charge is -2.21. The third-order valence-corrected chi connectivity index (χ3v) is 14.3. The van der Waals surface area contributed by atoms with Crippen molar-refractivity contribution >= 4 is 32.7 Å². The summed E-state index contributed by atoms with van der Waals surface area (Å²) in [4.78, 5) is 0. The highest BCUT2D eigenvalue weighted by atomic mass is 15.0. The van der Waals surface area contributed by atoms with Crippen LogP contribution in [0, 0.1) is 0 Å². The number of hydrogen-bond donors (Lipinski definition) is 0. The standard InChI is InChI=1S/C65H46N2/c1-65(2)57-33-17-13-31-53(57)64-63(65)54-32-16-20-36-60(54)67(64)59-35-19-15-30-52(59)51-29-14-18-34-58(51)66-61-39-37-45(49-27-11-9-25-47(49)43-21-5-3-6-22-43)41-55(61)56-42-46(38-40-62(56)66)50-28-12-10-26-48(50)44-23-7-4-8-24-44/h3-42H,1-2H3. The predicted octanol–water partition coefficient (Wildman–Crippen LogP) is 17.4. The molecule has 13 rings (SSSR count). The summed E-state index contributed by atoms with van der Waals surface area (Å²) in [7, 11) is 0. The first kappa shape index (κ1) is 39.0. The van der Waals surface area contributed by atoms with Gasteiger partial charge in [-0.2, -0.15) is 0 Å². The summed E-state index contributed by atoms with van der Waals surface area (Å²) in [5.41, 5.74) is 23.1. The molecule has 0 spiro atoms. The third kappa shape index (κ3) is 6.03. The normalized spacial score (nSPS) is 12.7. The van der Waals surface area contributed by atoms with E-state index in [1.54, 1.807) is 0 Å². The molecule has 0 amide bonds. The highest BCUT2D eigenvalue weighted by molar-refractivity contribution is 6.13. The van der Waals surface area contributed by atoms with Gasteiger partial charge in [-0.1, -0.05) is 214 Å². The number of para-hydroxylation sites is 3. The van der Waals surface area contributed by atoms with Crippen LogP contribution in [-0.4, -0.2) is 9.13 Å². The number of hydrogen-bond acceptors (Lipinski definition) is 0. The predicted molar refractivity (Wildman–Crippen MR) is 282 cm³/mol. The van der Waals surface area contributed by atoms with Gasteiger partial charge in [-0.15, -0.1) is 0 Å². The third-order valence-electron chi connectivity index (χ3n) is 14.3. The second-order valence-electron chi connectivity index (χ2n) is 18.4. The number of rotatable bonds is 7. The zero-order chi connectivity index (χ0) is 44.6. The lowest BCUT2D eigenvalue weighted by molar-refractivity contribution is 0.666. The van der Waals surface area contributed by atoms with Crippen molar-refractivity contribution in [3.63, 3.8) is 0 Å². The maximum absolute atomic E-state index is 2.54. The fourth-order valence-electron chi connectivity index (χ4n) is 11.4. The first-order chi connectivity index (χ1) is 33.0. The van der Waals surface area contributed by atoms with Crippen molar-refractivity contribution in [2.75, 3.05) is 0 Å². The Morgan fingerprint density at radius 2 is 0.672 bits per heavy atom. The highest BCUT2D eigenvalue weighted by Gasteiger charge is 2.40. The number of aromatic nitrogens is 2. The van der Waals surface area contributed by atoms with Crippen LogP contribution in [0.5, 0.6) is 0 Å². The second-order valence-corrected chi connectivity index (χ2v) is 18.4. The van der Waals surface area contributed by atoms with Gasteiger partial charge in [0.2, 0.25) is 0 Å². The molecule has 1 aliphatic carbocycles. The number of fused-ring (bicyclic) bond motifs is 8. The second kappa shape index (κ2) is 15.3. The SMILES string of the molecule is CC1(C)c2ccccc2-c2c1c1ccccc1n2-c1ccccc1-c1ccccc1-n1c2ccc(-c3ccccc3-c3ccccc3)cc2c2cc(-c3ccccc3-c3ccccc3)ccc21. The van der Waals surface area contributed by atoms with E-state index in [1.165, 1.54) is 105 Å². The van der Waals surface area contributed by atoms with Crippen LogP contribution in [0.1, 0.15) is 25.0 Å². The largest absolute Gasteiger partial charge is 0.309 e. The Morgan fingerprint density at radius 3 is 1.21 bits per heavy atom. The van der Waals surface area contributed by atoms with Crippen molar-refractivity contribution in [1.82, 2.24) is 9.13 Å². The molecule has 2 heteroatoms. The van der Waals surface area contributed by atoms with Gasteiger partial charge in [0, 0.05) is 38.3 Å². The minimum atomic E-state index is -0.145. The molecule has 10 aromatic carbocycles. The minimum absolute atomic E-state index is 0.145. The Kier molecular flexibility index (Phi) is 8.91. The van der Waals surface area contributed by atoms with Gasteiger partial charge in [0.25, 0.3) is 0 Å². The van der Waals surface area contributed by atoms with Gasteiger partial charge in [0.1, 0.15) is 0 Å². The van der Waals surface area contributed by atoms with E-state index in [4.69, 9.17) is 0 Å². The van der Waals surface area contributed by atoms with Crippen molar-refractivity contribution < 1.29 is 0 Å².